The molecule has 0 N–H and O–H groups in total. The summed E-state index contributed by atoms with van der Waals surface area (Å²) in [6, 6.07) is 0. The molecule has 1 saturated heterocycles. The summed E-state index contributed by atoms with van der Waals surface area (Å²) in [6.07, 6.45) is 6.94. The maximum absolute atomic E-state index is 6.15. The molecule has 3 aliphatic rings. The molecular formula is C13H23BO2. The van der Waals surface area contributed by atoms with Crippen LogP contribution in [0.25, 0.3) is 0 Å². The number of rotatable bonds is 1. The van der Waals surface area contributed by atoms with Gasteiger partial charge in [0.1, 0.15) is 0 Å². The van der Waals surface area contributed by atoms with Gasteiger partial charge in [-0.3, -0.25) is 0 Å². The molecular weight excluding hydrogens is 199 g/mol. The van der Waals surface area contributed by atoms with Crippen LogP contribution in [-0.4, -0.2) is 18.3 Å². The molecule has 0 aromatic carbocycles. The van der Waals surface area contributed by atoms with Crippen LogP contribution >= 0.6 is 0 Å². The lowest BCUT2D eigenvalue weighted by molar-refractivity contribution is 0.00578. The van der Waals surface area contributed by atoms with Gasteiger partial charge in [-0.2, -0.15) is 0 Å². The van der Waals surface area contributed by atoms with Crippen molar-refractivity contribution in [1.82, 2.24) is 0 Å². The quantitative estimate of drug-likeness (QED) is 0.633. The maximum atomic E-state index is 6.15. The van der Waals surface area contributed by atoms with Crippen LogP contribution in [-0.2, 0) is 9.31 Å². The topological polar surface area (TPSA) is 18.5 Å². The van der Waals surface area contributed by atoms with Crippen LogP contribution in [0.2, 0.25) is 5.82 Å². The third-order valence-electron chi connectivity index (χ3n) is 5.35. The van der Waals surface area contributed by atoms with Crippen LogP contribution < -0.4 is 0 Å². The minimum Gasteiger partial charge on any atom is -0.403 e. The highest BCUT2D eigenvalue weighted by atomic mass is 16.7. The van der Waals surface area contributed by atoms with E-state index in [4.69, 9.17) is 9.31 Å². The SMILES string of the molecule is CC1(C)OB(C2CCC3(CC3)C2)OC1(C)C. The number of hydrogen-bond donors (Lipinski definition) is 0. The molecule has 1 heterocycles. The van der Waals surface area contributed by atoms with Gasteiger partial charge >= 0.3 is 7.12 Å². The minimum absolute atomic E-state index is 0.0463. The predicted molar refractivity (Wildman–Crippen MR) is 65.4 cm³/mol. The summed E-state index contributed by atoms with van der Waals surface area (Å²) in [6.45, 7) is 8.59. The van der Waals surface area contributed by atoms with Crippen molar-refractivity contribution in [2.24, 2.45) is 5.41 Å². The van der Waals surface area contributed by atoms with Crippen molar-refractivity contribution in [2.75, 3.05) is 0 Å². The Labute approximate surface area is 99.2 Å². The molecule has 2 saturated carbocycles. The lowest BCUT2D eigenvalue weighted by atomic mass is 9.70. The molecule has 1 atom stereocenters. The van der Waals surface area contributed by atoms with Crippen LogP contribution in [0.4, 0.5) is 0 Å². The van der Waals surface area contributed by atoms with E-state index in [1.54, 1.807) is 0 Å². The van der Waals surface area contributed by atoms with E-state index < -0.39 is 0 Å². The van der Waals surface area contributed by atoms with Gasteiger partial charge in [-0.25, -0.2) is 0 Å². The van der Waals surface area contributed by atoms with Crippen LogP contribution in [0.3, 0.4) is 0 Å². The molecule has 0 amide bonds. The molecule has 0 bridgehead atoms. The van der Waals surface area contributed by atoms with Crippen molar-refractivity contribution in [3.63, 3.8) is 0 Å². The molecule has 0 radical (unpaired) electrons. The van der Waals surface area contributed by atoms with E-state index in [0.717, 1.165) is 0 Å². The first-order valence-corrected chi connectivity index (χ1v) is 6.69. The fraction of sp³-hybridized carbons (Fsp3) is 1.00. The van der Waals surface area contributed by atoms with Crippen molar-refractivity contribution in [3.05, 3.63) is 0 Å². The van der Waals surface area contributed by atoms with Gasteiger partial charge in [-0.05, 0) is 64.6 Å². The molecule has 3 rings (SSSR count). The molecule has 3 fully saturated rings. The lowest BCUT2D eigenvalue weighted by Gasteiger charge is -2.32. The van der Waals surface area contributed by atoms with Gasteiger partial charge in [0.2, 0.25) is 0 Å². The van der Waals surface area contributed by atoms with E-state index in [9.17, 15) is 0 Å². The Morgan fingerprint density at radius 2 is 1.50 bits per heavy atom. The monoisotopic (exact) mass is 222 g/mol. The van der Waals surface area contributed by atoms with Gasteiger partial charge in [0.15, 0.2) is 0 Å². The summed E-state index contributed by atoms with van der Waals surface area (Å²) in [5, 5.41) is 0. The first-order valence-electron chi connectivity index (χ1n) is 6.69. The van der Waals surface area contributed by atoms with Crippen LogP contribution in [0.1, 0.15) is 59.8 Å². The lowest BCUT2D eigenvalue weighted by Crippen LogP contribution is -2.41. The Bertz CT molecular complexity index is 291. The van der Waals surface area contributed by atoms with Gasteiger partial charge in [0.25, 0.3) is 0 Å². The van der Waals surface area contributed by atoms with E-state index in [-0.39, 0.29) is 18.3 Å². The zero-order chi connectivity index (χ0) is 11.6. The summed E-state index contributed by atoms with van der Waals surface area (Å²) in [7, 11) is 0.0463. The van der Waals surface area contributed by atoms with E-state index in [1.807, 2.05) is 0 Å². The Kier molecular flexibility index (Phi) is 2.12. The van der Waals surface area contributed by atoms with Crippen molar-refractivity contribution < 1.29 is 9.31 Å². The van der Waals surface area contributed by atoms with E-state index in [2.05, 4.69) is 27.7 Å². The summed E-state index contributed by atoms with van der Waals surface area (Å²) < 4.78 is 12.3. The highest BCUT2D eigenvalue weighted by Crippen LogP contribution is 2.62. The number of hydrogen-bond acceptors (Lipinski definition) is 2. The second-order valence-corrected chi connectivity index (χ2v) is 7.13. The molecule has 1 unspecified atom stereocenters. The van der Waals surface area contributed by atoms with Gasteiger partial charge < -0.3 is 9.31 Å². The Morgan fingerprint density at radius 1 is 0.938 bits per heavy atom. The zero-order valence-electron chi connectivity index (χ0n) is 11.0. The summed E-state index contributed by atoms with van der Waals surface area (Å²) in [5.41, 5.74) is 0.405. The summed E-state index contributed by atoms with van der Waals surface area (Å²) in [5.74, 6) is 0.642. The highest BCUT2D eigenvalue weighted by molar-refractivity contribution is 6.47. The van der Waals surface area contributed by atoms with E-state index >= 15 is 0 Å². The third kappa shape index (κ3) is 1.55. The third-order valence-corrected chi connectivity index (χ3v) is 5.35. The molecule has 0 aromatic heterocycles. The Morgan fingerprint density at radius 3 is 1.94 bits per heavy atom. The molecule has 3 heteroatoms. The highest BCUT2D eigenvalue weighted by Gasteiger charge is 2.58. The Hall–Kier alpha value is -0.0151. The summed E-state index contributed by atoms with van der Waals surface area (Å²) >= 11 is 0. The van der Waals surface area contributed by atoms with Crippen molar-refractivity contribution in [2.45, 2.75) is 76.8 Å². The fourth-order valence-electron chi connectivity index (χ4n) is 3.20. The van der Waals surface area contributed by atoms with Crippen LogP contribution in [0.15, 0.2) is 0 Å². The molecule has 2 aliphatic carbocycles. The largest absolute Gasteiger partial charge is 0.461 e. The average Bonchev–Trinajstić information content (AvgIpc) is 2.67. The first kappa shape index (κ1) is 11.1. The van der Waals surface area contributed by atoms with Gasteiger partial charge in [0.05, 0.1) is 11.2 Å². The standard InChI is InChI=1S/C13H23BO2/c1-11(2)12(3,4)16-14(15-11)10-5-6-13(9-10)7-8-13/h10H,5-9H2,1-4H3. The van der Waals surface area contributed by atoms with Crippen molar-refractivity contribution in [3.8, 4) is 0 Å². The minimum atomic E-state index is -0.156. The van der Waals surface area contributed by atoms with Crippen LogP contribution in [0.5, 0.6) is 0 Å². The maximum Gasteiger partial charge on any atom is 0.461 e. The summed E-state index contributed by atoms with van der Waals surface area (Å²) in [4.78, 5) is 0. The molecule has 2 nitrogen and oxygen atoms in total. The second kappa shape index (κ2) is 3.05. The molecule has 90 valence electrons. The first-order chi connectivity index (χ1) is 7.34. The predicted octanol–water partition coefficient (Wildman–Crippen LogP) is 3.41. The van der Waals surface area contributed by atoms with E-state index in [1.165, 1.54) is 32.1 Å². The molecule has 0 aromatic rings. The van der Waals surface area contributed by atoms with Crippen molar-refractivity contribution in [1.29, 1.82) is 0 Å². The molecule has 16 heavy (non-hydrogen) atoms. The average molecular weight is 222 g/mol. The Balaban J connectivity index is 1.70. The zero-order valence-corrected chi connectivity index (χ0v) is 11.0. The van der Waals surface area contributed by atoms with Gasteiger partial charge in [-0.15, -0.1) is 0 Å². The normalized spacial score (nSPS) is 38.2. The van der Waals surface area contributed by atoms with Gasteiger partial charge in [-0.1, -0.05) is 6.42 Å². The van der Waals surface area contributed by atoms with Crippen molar-refractivity contribution >= 4 is 7.12 Å². The van der Waals surface area contributed by atoms with Gasteiger partial charge in [0, 0.05) is 0 Å². The smallest absolute Gasteiger partial charge is 0.403 e. The molecule has 1 aliphatic heterocycles. The second-order valence-electron chi connectivity index (χ2n) is 7.13. The van der Waals surface area contributed by atoms with Crippen LogP contribution in [0, 0.1) is 5.41 Å². The van der Waals surface area contributed by atoms with E-state index in [0.29, 0.717) is 11.2 Å². The fourth-order valence-corrected chi connectivity index (χ4v) is 3.20. The molecule has 1 spiro atoms.